The molecule has 2 N–H and O–H groups in total. The molecule has 1 heterocycles. The minimum atomic E-state index is -1.75. The van der Waals surface area contributed by atoms with Gasteiger partial charge in [-0.05, 0) is 32.9 Å². The molecule has 190 valence electrons. The van der Waals surface area contributed by atoms with Gasteiger partial charge in [0, 0.05) is 12.0 Å². The Morgan fingerprint density at radius 1 is 1.11 bits per heavy atom. The van der Waals surface area contributed by atoms with Gasteiger partial charge in [0.1, 0.15) is 5.37 Å². The Morgan fingerprint density at radius 3 is 2.29 bits per heavy atom. The Bertz CT molecular complexity index is 1030. The molecule has 0 bridgehead atoms. The molecule has 11 nitrogen and oxygen atoms in total. The van der Waals surface area contributed by atoms with Crippen molar-refractivity contribution in [3.63, 3.8) is 0 Å². The summed E-state index contributed by atoms with van der Waals surface area (Å²) in [6.45, 7) is 4.47. The van der Waals surface area contributed by atoms with Gasteiger partial charge in [-0.3, -0.25) is 4.79 Å². The first-order valence-electron chi connectivity index (χ1n) is 10.6. The van der Waals surface area contributed by atoms with E-state index in [1.54, 1.807) is 19.1 Å². The zero-order chi connectivity index (χ0) is 26.2. The normalized spacial score (nSPS) is 17.4. The van der Waals surface area contributed by atoms with Gasteiger partial charge >= 0.3 is 23.9 Å². The third kappa shape index (κ3) is 6.53. The lowest BCUT2D eigenvalue weighted by Crippen LogP contribution is -2.64. The van der Waals surface area contributed by atoms with Crippen molar-refractivity contribution >= 4 is 41.5 Å². The number of rotatable bonds is 9. The van der Waals surface area contributed by atoms with Crippen LogP contribution in [-0.4, -0.2) is 73.4 Å². The van der Waals surface area contributed by atoms with E-state index in [9.17, 15) is 24.0 Å². The lowest BCUT2D eigenvalue weighted by molar-refractivity contribution is -0.170. The number of esters is 4. The van der Waals surface area contributed by atoms with Crippen LogP contribution in [-0.2, 0) is 33.3 Å². The van der Waals surface area contributed by atoms with Crippen LogP contribution in [0, 0.1) is 0 Å². The molecule has 0 radical (unpaired) electrons. The quantitative estimate of drug-likeness (QED) is 0.366. The zero-order valence-electron chi connectivity index (χ0n) is 20.0. The standard InChI is InChI=1S/C23H28N2O9S/c1-6-33-18(27)13(2)34-22(30)23(3,21-24-11-14(12-35-21)19(28)31-4)25-17(26)15-9-7-8-10-16(15)20(29)32-5/h7-11,13,21,24H,6,12H2,1-5H3,(H,25,26). The van der Waals surface area contributed by atoms with E-state index in [1.807, 2.05) is 0 Å². The van der Waals surface area contributed by atoms with E-state index in [1.165, 1.54) is 46.4 Å². The molecule has 0 saturated heterocycles. The molecule has 0 fully saturated rings. The van der Waals surface area contributed by atoms with Crippen molar-refractivity contribution in [3.8, 4) is 0 Å². The number of carbonyl (C=O) groups is 5. The van der Waals surface area contributed by atoms with E-state index >= 15 is 0 Å². The van der Waals surface area contributed by atoms with Gasteiger partial charge in [-0.25, -0.2) is 19.2 Å². The number of thioether (sulfide) groups is 1. The monoisotopic (exact) mass is 508 g/mol. The van der Waals surface area contributed by atoms with Crippen LogP contribution >= 0.6 is 11.8 Å². The molecule has 12 heteroatoms. The molecule has 35 heavy (non-hydrogen) atoms. The lowest BCUT2D eigenvalue weighted by atomic mass is 9.99. The number of carbonyl (C=O) groups excluding carboxylic acids is 5. The smallest absolute Gasteiger partial charge is 0.347 e. The molecule has 3 atom stereocenters. The van der Waals surface area contributed by atoms with Crippen LogP contribution in [0.2, 0.25) is 0 Å². The number of benzene rings is 1. The second-order valence-electron chi connectivity index (χ2n) is 7.51. The fourth-order valence-corrected chi connectivity index (χ4v) is 4.31. The highest BCUT2D eigenvalue weighted by atomic mass is 32.2. The summed E-state index contributed by atoms with van der Waals surface area (Å²) in [4.78, 5) is 62.5. The average molecular weight is 509 g/mol. The van der Waals surface area contributed by atoms with Crippen LogP contribution < -0.4 is 10.6 Å². The third-order valence-corrected chi connectivity index (χ3v) is 6.48. The fourth-order valence-electron chi connectivity index (χ4n) is 3.11. The van der Waals surface area contributed by atoms with Crippen molar-refractivity contribution in [2.24, 2.45) is 0 Å². The summed E-state index contributed by atoms with van der Waals surface area (Å²) in [6, 6.07) is 5.94. The zero-order valence-corrected chi connectivity index (χ0v) is 20.9. The maximum atomic E-state index is 13.3. The number of amides is 1. The van der Waals surface area contributed by atoms with Gasteiger partial charge in [-0.2, -0.15) is 0 Å². The number of methoxy groups -OCH3 is 2. The Kier molecular flexibility index (Phi) is 9.69. The minimum Gasteiger partial charge on any atom is -0.466 e. The SMILES string of the molecule is CCOC(=O)C(C)OC(=O)C(C)(NC(=O)c1ccccc1C(=O)OC)C1NC=C(C(=O)OC)CS1. The maximum absolute atomic E-state index is 13.3. The predicted octanol–water partition coefficient (Wildman–Crippen LogP) is 1.18. The van der Waals surface area contributed by atoms with Gasteiger partial charge in [-0.15, -0.1) is 11.8 Å². The van der Waals surface area contributed by atoms with Gasteiger partial charge in [0.25, 0.3) is 5.91 Å². The van der Waals surface area contributed by atoms with Crippen molar-refractivity contribution < 1.29 is 42.9 Å². The highest BCUT2D eigenvalue weighted by Gasteiger charge is 2.47. The molecule has 1 aliphatic heterocycles. The van der Waals surface area contributed by atoms with Gasteiger partial charge in [0.05, 0.1) is 37.5 Å². The average Bonchev–Trinajstić information content (AvgIpc) is 2.87. The minimum absolute atomic E-state index is 0.000221. The second kappa shape index (κ2) is 12.2. The summed E-state index contributed by atoms with van der Waals surface area (Å²) in [5.74, 6) is -3.52. The van der Waals surface area contributed by atoms with E-state index in [4.69, 9.17) is 18.9 Å². The highest BCUT2D eigenvalue weighted by Crippen LogP contribution is 2.29. The van der Waals surface area contributed by atoms with Crippen molar-refractivity contribution in [1.29, 1.82) is 0 Å². The predicted molar refractivity (Wildman–Crippen MR) is 125 cm³/mol. The third-order valence-electron chi connectivity index (χ3n) is 5.06. The number of hydrogen-bond acceptors (Lipinski definition) is 11. The van der Waals surface area contributed by atoms with Crippen molar-refractivity contribution in [1.82, 2.24) is 10.6 Å². The lowest BCUT2D eigenvalue weighted by Gasteiger charge is -2.38. The Morgan fingerprint density at radius 2 is 1.74 bits per heavy atom. The topological polar surface area (TPSA) is 146 Å². The first-order valence-corrected chi connectivity index (χ1v) is 11.7. The largest absolute Gasteiger partial charge is 0.466 e. The van der Waals surface area contributed by atoms with E-state index < -0.39 is 46.8 Å². The highest BCUT2D eigenvalue weighted by molar-refractivity contribution is 8.00. The van der Waals surface area contributed by atoms with Gasteiger partial charge in [0.15, 0.2) is 11.6 Å². The van der Waals surface area contributed by atoms with Crippen LogP contribution in [0.5, 0.6) is 0 Å². The molecule has 0 aliphatic carbocycles. The van der Waals surface area contributed by atoms with Gasteiger partial charge in [0.2, 0.25) is 0 Å². The second-order valence-corrected chi connectivity index (χ2v) is 8.61. The summed E-state index contributed by atoms with van der Waals surface area (Å²) in [7, 11) is 2.43. The van der Waals surface area contributed by atoms with Crippen LogP contribution in [0.25, 0.3) is 0 Å². The van der Waals surface area contributed by atoms with Gasteiger partial charge in [-0.1, -0.05) is 12.1 Å². The van der Waals surface area contributed by atoms with Crippen molar-refractivity contribution in [2.75, 3.05) is 26.6 Å². The maximum Gasteiger partial charge on any atom is 0.347 e. The summed E-state index contributed by atoms with van der Waals surface area (Å²) in [6.07, 6.45) is 0.151. The molecular formula is C23H28N2O9S. The molecule has 0 saturated carbocycles. The number of nitrogens with one attached hydrogen (secondary N) is 2. The number of hydrogen-bond donors (Lipinski definition) is 2. The van der Waals surface area contributed by atoms with E-state index in [0.717, 1.165) is 11.8 Å². The molecular weight excluding hydrogens is 480 g/mol. The molecule has 0 aromatic heterocycles. The first kappa shape index (κ1) is 27.7. The van der Waals surface area contributed by atoms with E-state index in [-0.39, 0.29) is 23.5 Å². The van der Waals surface area contributed by atoms with Crippen LogP contribution in [0.1, 0.15) is 41.5 Å². The Labute approximate surface area is 206 Å². The van der Waals surface area contributed by atoms with Crippen LogP contribution in [0.15, 0.2) is 36.0 Å². The van der Waals surface area contributed by atoms with E-state index in [2.05, 4.69) is 10.6 Å². The molecule has 2 rings (SSSR count). The summed E-state index contributed by atoms with van der Waals surface area (Å²) >= 11 is 1.14. The summed E-state index contributed by atoms with van der Waals surface area (Å²) in [5.41, 5.74) is -1.44. The van der Waals surface area contributed by atoms with Crippen molar-refractivity contribution in [2.45, 2.75) is 37.8 Å². The van der Waals surface area contributed by atoms with Gasteiger partial charge < -0.3 is 29.6 Å². The Hall–Kier alpha value is -3.54. The number of ether oxygens (including phenoxy) is 4. The van der Waals surface area contributed by atoms with Crippen LogP contribution in [0.3, 0.4) is 0 Å². The van der Waals surface area contributed by atoms with Crippen molar-refractivity contribution in [3.05, 3.63) is 47.2 Å². The van der Waals surface area contributed by atoms with Crippen LogP contribution in [0.4, 0.5) is 0 Å². The summed E-state index contributed by atoms with van der Waals surface area (Å²) in [5, 5.41) is 4.73. The molecule has 1 amide bonds. The summed E-state index contributed by atoms with van der Waals surface area (Å²) < 4.78 is 19.7. The van der Waals surface area contributed by atoms with E-state index in [0.29, 0.717) is 5.57 Å². The first-order chi connectivity index (χ1) is 16.6. The fraction of sp³-hybridized carbons (Fsp3) is 0.435. The molecule has 1 aromatic carbocycles. The molecule has 1 aliphatic rings. The molecule has 1 aromatic rings. The Balaban J connectivity index is 2.39. The molecule has 3 unspecified atom stereocenters. The molecule has 0 spiro atoms.